The summed E-state index contributed by atoms with van der Waals surface area (Å²) in [5.74, 6) is 0. The first-order valence-electron chi connectivity index (χ1n) is 15.4. The molecule has 7 rings (SSSR count). The van der Waals surface area contributed by atoms with Crippen molar-refractivity contribution in [3.63, 3.8) is 0 Å². The van der Waals surface area contributed by atoms with Gasteiger partial charge in [0.25, 0.3) is 5.65 Å². The summed E-state index contributed by atoms with van der Waals surface area (Å²) in [6.07, 6.45) is 4.59. The van der Waals surface area contributed by atoms with Crippen LogP contribution in [0.4, 0.5) is 0 Å². The van der Waals surface area contributed by atoms with E-state index in [4.69, 9.17) is 0 Å². The third-order valence-electron chi connectivity index (χ3n) is 15.0. The number of nitrogens with zero attached hydrogens (tertiary/aromatic N) is 2. The maximum absolute atomic E-state index is 2.82. The summed E-state index contributed by atoms with van der Waals surface area (Å²) < 4.78 is 5.43. The molecule has 39 heavy (non-hydrogen) atoms. The third kappa shape index (κ3) is 2.13. The molecule has 3 unspecified atom stereocenters. The first-order chi connectivity index (χ1) is 17.9. The Morgan fingerprint density at radius 1 is 0.718 bits per heavy atom. The number of imidazole rings is 1. The van der Waals surface area contributed by atoms with Gasteiger partial charge in [-0.3, -0.25) is 0 Å². The SMILES string of the molecule is CCC1(C)c2cccc3cc[n+]4c5c6c7c(cc5n(c4c23)C1(C)CC)C(C)(C)C(C)(C)C7(C)C(C)(C)C6(C)C. The van der Waals surface area contributed by atoms with E-state index in [9.17, 15) is 0 Å². The van der Waals surface area contributed by atoms with Gasteiger partial charge in [-0.2, -0.15) is 4.40 Å². The lowest BCUT2D eigenvalue weighted by Gasteiger charge is -2.56. The van der Waals surface area contributed by atoms with E-state index in [1.165, 1.54) is 33.0 Å². The van der Waals surface area contributed by atoms with E-state index < -0.39 is 0 Å². The summed E-state index contributed by atoms with van der Waals surface area (Å²) in [5.41, 5.74) is 11.0. The van der Waals surface area contributed by atoms with Crippen LogP contribution in [0.15, 0.2) is 36.5 Å². The largest absolute Gasteiger partial charge is 0.295 e. The minimum absolute atomic E-state index is 0.0183. The number of benzene rings is 2. The second-order valence-corrected chi connectivity index (χ2v) is 16.1. The molecule has 206 valence electrons. The monoisotopic (exact) mass is 521 g/mol. The van der Waals surface area contributed by atoms with E-state index in [0.29, 0.717) is 0 Å². The standard InChI is InChI=1S/C37H49N2/c1-14-35(11)23-18-16-17-22-19-20-38-29-25(39(30(38)26(22)23)36(35,12)15-2)21-24-27-28(29)32(5,6)34(9,10)37(27,13)33(7,8)31(24,3)4/h16-21H,14-15H2,1-13H3/q+1. The summed E-state index contributed by atoms with van der Waals surface area (Å²) in [4.78, 5) is 0. The van der Waals surface area contributed by atoms with Crippen LogP contribution >= 0.6 is 0 Å². The third-order valence-corrected chi connectivity index (χ3v) is 15.0. The van der Waals surface area contributed by atoms with Crippen molar-refractivity contribution in [1.29, 1.82) is 0 Å². The van der Waals surface area contributed by atoms with Gasteiger partial charge >= 0.3 is 0 Å². The highest BCUT2D eigenvalue weighted by atomic mass is 15.2. The molecule has 0 bridgehead atoms. The molecule has 2 nitrogen and oxygen atoms in total. The number of hydrogen-bond donors (Lipinski definition) is 0. The van der Waals surface area contributed by atoms with Gasteiger partial charge in [0.2, 0.25) is 0 Å². The molecule has 0 amide bonds. The molecule has 0 fully saturated rings. The van der Waals surface area contributed by atoms with E-state index in [1.54, 1.807) is 16.7 Å². The van der Waals surface area contributed by atoms with Crippen LogP contribution in [0.1, 0.15) is 125 Å². The van der Waals surface area contributed by atoms with Gasteiger partial charge in [-0.1, -0.05) is 101 Å². The van der Waals surface area contributed by atoms with Gasteiger partial charge in [-0.05, 0) is 70.2 Å². The molecule has 0 radical (unpaired) electrons. The normalized spacial score (nSPS) is 32.5. The zero-order chi connectivity index (χ0) is 28.5. The maximum Gasteiger partial charge on any atom is 0.295 e. The number of rotatable bonds is 2. The number of pyridine rings is 1. The molecule has 3 heterocycles. The zero-order valence-electron chi connectivity index (χ0n) is 26.8. The predicted octanol–water partition coefficient (Wildman–Crippen LogP) is 9.23. The van der Waals surface area contributed by atoms with Crippen LogP contribution in [0.25, 0.3) is 27.5 Å². The van der Waals surface area contributed by atoms with Crippen molar-refractivity contribution >= 4 is 27.5 Å². The quantitative estimate of drug-likeness (QED) is 0.233. The Balaban J connectivity index is 1.84. The number of fused-ring (bicyclic) bond motifs is 4. The molecular weight excluding hydrogens is 472 g/mol. The lowest BCUT2D eigenvalue weighted by Crippen LogP contribution is -2.55. The Kier molecular flexibility index (Phi) is 4.32. The fraction of sp³-hybridized carbons (Fsp3) is 0.595. The first-order valence-corrected chi connectivity index (χ1v) is 15.4. The average molecular weight is 522 g/mol. The van der Waals surface area contributed by atoms with Gasteiger partial charge in [0.15, 0.2) is 11.0 Å². The highest BCUT2D eigenvalue weighted by Crippen LogP contribution is 2.76. The summed E-state index contributed by atoms with van der Waals surface area (Å²) in [6.45, 7) is 32.9. The van der Waals surface area contributed by atoms with Gasteiger partial charge in [0.05, 0.1) is 11.6 Å². The van der Waals surface area contributed by atoms with Crippen molar-refractivity contribution in [2.45, 2.75) is 130 Å². The van der Waals surface area contributed by atoms with Crippen LogP contribution < -0.4 is 4.40 Å². The minimum Gasteiger partial charge on any atom is -0.216 e. The summed E-state index contributed by atoms with van der Waals surface area (Å²) in [5, 5.41) is 2.82. The molecule has 0 saturated heterocycles. The highest BCUT2D eigenvalue weighted by molar-refractivity contribution is 6.01. The van der Waals surface area contributed by atoms with Gasteiger partial charge < -0.3 is 0 Å². The van der Waals surface area contributed by atoms with Gasteiger partial charge in [-0.25, -0.2) is 4.57 Å². The fourth-order valence-corrected chi connectivity index (χ4v) is 10.4. The molecule has 3 atom stereocenters. The van der Waals surface area contributed by atoms with Crippen molar-refractivity contribution in [2.75, 3.05) is 0 Å². The second kappa shape index (κ2) is 6.58. The Morgan fingerprint density at radius 3 is 1.97 bits per heavy atom. The van der Waals surface area contributed by atoms with Gasteiger partial charge in [0, 0.05) is 21.8 Å². The molecule has 3 aliphatic rings. The van der Waals surface area contributed by atoms with Crippen molar-refractivity contribution in [2.24, 2.45) is 10.8 Å². The van der Waals surface area contributed by atoms with E-state index in [-0.39, 0.29) is 38.0 Å². The molecule has 2 aliphatic carbocycles. The van der Waals surface area contributed by atoms with Crippen molar-refractivity contribution in [1.82, 2.24) is 4.57 Å². The van der Waals surface area contributed by atoms with E-state index in [1.807, 2.05) is 0 Å². The van der Waals surface area contributed by atoms with Crippen LogP contribution in [0, 0.1) is 10.8 Å². The maximum atomic E-state index is 2.82. The van der Waals surface area contributed by atoms with E-state index in [0.717, 1.165) is 12.8 Å². The van der Waals surface area contributed by atoms with Crippen molar-refractivity contribution < 1.29 is 4.40 Å². The highest BCUT2D eigenvalue weighted by Gasteiger charge is 2.73. The van der Waals surface area contributed by atoms with Crippen LogP contribution in [-0.4, -0.2) is 4.57 Å². The molecular formula is C37H49N2+. The minimum atomic E-state index is -0.0435. The smallest absolute Gasteiger partial charge is 0.216 e. The Morgan fingerprint density at radius 2 is 1.36 bits per heavy atom. The van der Waals surface area contributed by atoms with Crippen LogP contribution in [0.5, 0.6) is 0 Å². The predicted molar refractivity (Wildman–Crippen MR) is 165 cm³/mol. The lowest BCUT2D eigenvalue weighted by atomic mass is 9.47. The molecule has 1 aliphatic heterocycles. The number of aromatic nitrogens is 2. The summed E-state index contributed by atoms with van der Waals surface area (Å²) in [7, 11) is 0. The van der Waals surface area contributed by atoms with Crippen LogP contribution in [0.3, 0.4) is 0 Å². The molecule has 2 aromatic heterocycles. The van der Waals surface area contributed by atoms with Crippen LogP contribution in [-0.2, 0) is 27.2 Å². The molecule has 0 N–H and O–H groups in total. The molecule has 0 spiro atoms. The molecule has 2 aromatic carbocycles. The lowest BCUT2D eigenvalue weighted by molar-refractivity contribution is -0.481. The molecule has 4 aromatic rings. The van der Waals surface area contributed by atoms with E-state index in [2.05, 4.69) is 136 Å². The van der Waals surface area contributed by atoms with E-state index >= 15 is 0 Å². The van der Waals surface area contributed by atoms with Crippen molar-refractivity contribution in [3.05, 3.63) is 58.8 Å². The zero-order valence-corrected chi connectivity index (χ0v) is 26.8. The Labute approximate surface area is 235 Å². The number of hydrogen-bond acceptors (Lipinski definition) is 0. The summed E-state index contributed by atoms with van der Waals surface area (Å²) >= 11 is 0. The first kappa shape index (κ1) is 25.6. The average Bonchev–Trinajstić information content (AvgIpc) is 3.33. The topological polar surface area (TPSA) is 9.03 Å². The Hall–Kier alpha value is -2.35. The molecule has 2 heteroatoms. The Bertz CT molecular complexity index is 1780. The van der Waals surface area contributed by atoms with Crippen LogP contribution in [0.2, 0.25) is 0 Å². The van der Waals surface area contributed by atoms with Crippen molar-refractivity contribution in [3.8, 4) is 0 Å². The molecule has 0 saturated carbocycles. The fourth-order valence-electron chi connectivity index (χ4n) is 10.4. The summed E-state index contributed by atoms with van der Waals surface area (Å²) in [6, 6.07) is 12.1. The second-order valence-electron chi connectivity index (χ2n) is 16.1. The van der Waals surface area contributed by atoms with Gasteiger partial charge in [0.1, 0.15) is 5.54 Å². The van der Waals surface area contributed by atoms with Gasteiger partial charge in [-0.15, -0.1) is 0 Å².